The van der Waals surface area contributed by atoms with Crippen molar-refractivity contribution in [3.8, 4) is 0 Å². The van der Waals surface area contributed by atoms with E-state index in [0.717, 1.165) is 12.1 Å². The number of carbonyl (C=O) groups is 1. The van der Waals surface area contributed by atoms with Gasteiger partial charge in [0.1, 0.15) is 5.82 Å². The molecule has 0 radical (unpaired) electrons. The molecular weight excluding hydrogens is 309 g/mol. The second-order valence-corrected chi connectivity index (χ2v) is 5.56. The molecule has 1 aromatic carbocycles. The van der Waals surface area contributed by atoms with Crippen LogP contribution < -0.4 is 10.2 Å². The summed E-state index contributed by atoms with van der Waals surface area (Å²) in [6.45, 7) is 3.91. The predicted molar refractivity (Wildman–Crippen MR) is 85.1 cm³/mol. The summed E-state index contributed by atoms with van der Waals surface area (Å²) in [5.74, 6) is -0.417. The van der Waals surface area contributed by atoms with Gasteiger partial charge in [0.2, 0.25) is 0 Å². The Kier molecular flexibility index (Phi) is 6.27. The van der Waals surface area contributed by atoms with E-state index in [0.29, 0.717) is 39.3 Å². The molecule has 122 valence electrons. The molecule has 1 fully saturated rings. The molecule has 0 atom stereocenters. The van der Waals surface area contributed by atoms with Crippen molar-refractivity contribution in [2.75, 3.05) is 51.3 Å². The van der Waals surface area contributed by atoms with E-state index in [1.165, 1.54) is 6.07 Å². The highest BCUT2D eigenvalue weighted by molar-refractivity contribution is 6.31. The molecule has 1 aromatic rings. The van der Waals surface area contributed by atoms with Gasteiger partial charge in [-0.25, -0.2) is 9.18 Å². The average Bonchev–Trinajstić information content (AvgIpc) is 2.54. The number of carbonyl (C=O) groups excluding carboxylic acids is 1. The van der Waals surface area contributed by atoms with Crippen LogP contribution in [0.2, 0.25) is 5.02 Å². The number of ether oxygens (including phenoxy) is 1. The molecule has 5 nitrogen and oxygen atoms in total. The first kappa shape index (κ1) is 16.8. The summed E-state index contributed by atoms with van der Waals surface area (Å²) in [7, 11) is 1.64. The maximum Gasteiger partial charge on any atom is 0.317 e. The molecule has 1 heterocycles. The molecule has 0 bridgehead atoms. The van der Waals surface area contributed by atoms with Gasteiger partial charge in [-0.3, -0.25) is 0 Å². The highest BCUT2D eigenvalue weighted by Gasteiger charge is 2.21. The van der Waals surface area contributed by atoms with E-state index in [2.05, 4.69) is 10.2 Å². The number of hydrogen-bond donors (Lipinski definition) is 1. The minimum atomic E-state index is -0.417. The van der Waals surface area contributed by atoms with Crippen LogP contribution in [-0.2, 0) is 4.74 Å². The van der Waals surface area contributed by atoms with Gasteiger partial charge in [0, 0.05) is 52.1 Å². The SMILES string of the molecule is COCCCNC(=O)N1CCN(c2ccc(F)c(Cl)c2)CC1. The Morgan fingerprint density at radius 3 is 2.73 bits per heavy atom. The van der Waals surface area contributed by atoms with Crippen LogP contribution in [0.25, 0.3) is 0 Å². The van der Waals surface area contributed by atoms with Crippen molar-refractivity contribution in [2.45, 2.75) is 6.42 Å². The van der Waals surface area contributed by atoms with Crippen LogP contribution in [0.15, 0.2) is 18.2 Å². The fourth-order valence-electron chi connectivity index (χ4n) is 2.37. The van der Waals surface area contributed by atoms with Crippen LogP contribution in [-0.4, -0.2) is 57.4 Å². The van der Waals surface area contributed by atoms with Crippen LogP contribution in [0.5, 0.6) is 0 Å². The Bertz CT molecular complexity index is 508. The van der Waals surface area contributed by atoms with Gasteiger partial charge in [-0.2, -0.15) is 0 Å². The van der Waals surface area contributed by atoms with Gasteiger partial charge in [-0.1, -0.05) is 11.6 Å². The van der Waals surface area contributed by atoms with Crippen molar-refractivity contribution >= 4 is 23.3 Å². The van der Waals surface area contributed by atoms with Crippen LogP contribution in [0.1, 0.15) is 6.42 Å². The maximum atomic E-state index is 13.2. The Morgan fingerprint density at radius 1 is 1.36 bits per heavy atom. The lowest BCUT2D eigenvalue weighted by Gasteiger charge is -2.36. The summed E-state index contributed by atoms with van der Waals surface area (Å²) in [6, 6.07) is 4.65. The average molecular weight is 330 g/mol. The van der Waals surface area contributed by atoms with Crippen molar-refractivity contribution in [3.63, 3.8) is 0 Å². The third-order valence-electron chi connectivity index (χ3n) is 3.64. The second kappa shape index (κ2) is 8.19. The summed E-state index contributed by atoms with van der Waals surface area (Å²) in [4.78, 5) is 15.9. The quantitative estimate of drug-likeness (QED) is 0.843. The number of methoxy groups -OCH3 is 1. The van der Waals surface area contributed by atoms with Gasteiger partial charge >= 0.3 is 6.03 Å². The van der Waals surface area contributed by atoms with E-state index in [9.17, 15) is 9.18 Å². The topological polar surface area (TPSA) is 44.8 Å². The monoisotopic (exact) mass is 329 g/mol. The third-order valence-corrected chi connectivity index (χ3v) is 3.93. The summed E-state index contributed by atoms with van der Waals surface area (Å²) >= 11 is 5.81. The lowest BCUT2D eigenvalue weighted by Crippen LogP contribution is -2.52. The number of amides is 2. The fraction of sp³-hybridized carbons (Fsp3) is 0.533. The van der Waals surface area contributed by atoms with E-state index in [4.69, 9.17) is 16.3 Å². The normalized spacial score (nSPS) is 15.0. The van der Waals surface area contributed by atoms with Crippen molar-refractivity contribution in [3.05, 3.63) is 29.0 Å². The molecule has 1 saturated heterocycles. The van der Waals surface area contributed by atoms with E-state index < -0.39 is 5.82 Å². The maximum absolute atomic E-state index is 13.2. The number of halogens is 2. The van der Waals surface area contributed by atoms with Crippen LogP contribution in [0.3, 0.4) is 0 Å². The van der Waals surface area contributed by atoms with Crippen LogP contribution >= 0.6 is 11.6 Å². The van der Waals surface area contributed by atoms with E-state index in [1.807, 2.05) is 0 Å². The molecule has 7 heteroatoms. The molecule has 1 aliphatic rings. The minimum Gasteiger partial charge on any atom is -0.385 e. The molecular formula is C15H21ClFN3O2. The number of benzene rings is 1. The molecule has 2 amide bonds. The molecule has 2 rings (SSSR count). The number of hydrogen-bond acceptors (Lipinski definition) is 3. The van der Waals surface area contributed by atoms with Gasteiger partial charge in [0.15, 0.2) is 0 Å². The van der Waals surface area contributed by atoms with E-state index in [1.54, 1.807) is 24.1 Å². The summed E-state index contributed by atoms with van der Waals surface area (Å²) < 4.78 is 18.1. The van der Waals surface area contributed by atoms with Crippen molar-refractivity contribution in [1.82, 2.24) is 10.2 Å². The molecule has 0 aliphatic carbocycles. The lowest BCUT2D eigenvalue weighted by molar-refractivity contribution is 0.183. The number of piperazine rings is 1. The Morgan fingerprint density at radius 2 is 2.09 bits per heavy atom. The molecule has 0 aromatic heterocycles. The number of anilines is 1. The van der Waals surface area contributed by atoms with E-state index in [-0.39, 0.29) is 11.1 Å². The zero-order chi connectivity index (χ0) is 15.9. The summed E-state index contributed by atoms with van der Waals surface area (Å²) in [5, 5.41) is 3.00. The van der Waals surface area contributed by atoms with Crippen molar-refractivity contribution in [1.29, 1.82) is 0 Å². The first-order valence-corrected chi connectivity index (χ1v) is 7.71. The zero-order valence-electron chi connectivity index (χ0n) is 12.6. The Balaban J connectivity index is 1.79. The Hall–Kier alpha value is -1.53. The van der Waals surface area contributed by atoms with Crippen LogP contribution in [0.4, 0.5) is 14.9 Å². The predicted octanol–water partition coefficient (Wildman–Crippen LogP) is 2.35. The van der Waals surface area contributed by atoms with E-state index >= 15 is 0 Å². The van der Waals surface area contributed by atoms with Gasteiger partial charge < -0.3 is 19.9 Å². The minimum absolute atomic E-state index is 0.0482. The highest BCUT2D eigenvalue weighted by atomic mass is 35.5. The van der Waals surface area contributed by atoms with Gasteiger partial charge in [0.05, 0.1) is 5.02 Å². The number of urea groups is 1. The summed E-state index contributed by atoms with van der Waals surface area (Å²) in [6.07, 6.45) is 0.802. The van der Waals surface area contributed by atoms with Crippen molar-refractivity contribution in [2.24, 2.45) is 0 Å². The van der Waals surface area contributed by atoms with Gasteiger partial charge in [-0.05, 0) is 24.6 Å². The molecule has 0 saturated carbocycles. The number of nitrogens with zero attached hydrogens (tertiary/aromatic N) is 2. The first-order valence-electron chi connectivity index (χ1n) is 7.33. The highest BCUT2D eigenvalue weighted by Crippen LogP contribution is 2.23. The molecule has 1 aliphatic heterocycles. The lowest BCUT2D eigenvalue weighted by atomic mass is 10.2. The number of nitrogens with one attached hydrogen (secondary N) is 1. The third kappa shape index (κ3) is 4.48. The van der Waals surface area contributed by atoms with Gasteiger partial charge in [0.25, 0.3) is 0 Å². The summed E-state index contributed by atoms with van der Waals surface area (Å²) in [5.41, 5.74) is 0.881. The molecule has 22 heavy (non-hydrogen) atoms. The number of rotatable bonds is 5. The van der Waals surface area contributed by atoms with Crippen molar-refractivity contribution < 1.29 is 13.9 Å². The standard InChI is InChI=1S/C15H21ClFN3O2/c1-22-10-2-5-18-15(21)20-8-6-19(7-9-20)12-3-4-14(17)13(16)11-12/h3-4,11H,2,5-10H2,1H3,(H,18,21). The van der Waals surface area contributed by atoms with Crippen LogP contribution in [0, 0.1) is 5.82 Å². The molecule has 0 spiro atoms. The second-order valence-electron chi connectivity index (χ2n) is 5.15. The smallest absolute Gasteiger partial charge is 0.317 e. The molecule has 1 N–H and O–H groups in total. The van der Waals surface area contributed by atoms with Gasteiger partial charge in [-0.15, -0.1) is 0 Å². The Labute approximate surface area is 135 Å². The largest absolute Gasteiger partial charge is 0.385 e. The zero-order valence-corrected chi connectivity index (χ0v) is 13.4. The molecule has 0 unspecified atom stereocenters. The first-order chi connectivity index (χ1) is 10.6. The fourth-order valence-corrected chi connectivity index (χ4v) is 2.55.